The summed E-state index contributed by atoms with van der Waals surface area (Å²) in [7, 11) is 0. The van der Waals surface area contributed by atoms with Crippen molar-refractivity contribution in [3.05, 3.63) is 23.9 Å². The number of ketones is 1. The second kappa shape index (κ2) is 7.01. The Morgan fingerprint density at radius 2 is 2.29 bits per heavy atom. The van der Waals surface area contributed by atoms with Gasteiger partial charge in [0.05, 0.1) is 0 Å². The average Bonchev–Trinajstić information content (AvgIpc) is 2.32. The maximum atomic E-state index is 12.0. The Morgan fingerprint density at radius 3 is 2.88 bits per heavy atom. The molecule has 4 heteroatoms. The number of ether oxygens (including phenoxy) is 1. The number of rotatable bonds is 7. The van der Waals surface area contributed by atoms with Crippen LogP contribution in [0.3, 0.4) is 0 Å². The average molecular weight is 236 g/mol. The van der Waals surface area contributed by atoms with Crippen LogP contribution in [0.25, 0.3) is 0 Å². The van der Waals surface area contributed by atoms with Gasteiger partial charge in [-0.3, -0.25) is 4.79 Å². The third-order valence-corrected chi connectivity index (χ3v) is 2.57. The highest BCUT2D eigenvalue weighted by Gasteiger charge is 2.18. The zero-order chi connectivity index (χ0) is 12.7. The SMILES string of the molecule is CCCC(OCC)C(=O)Cc1cccnc1N. The third-order valence-electron chi connectivity index (χ3n) is 2.57. The van der Waals surface area contributed by atoms with Crippen LogP contribution in [0.2, 0.25) is 0 Å². The first-order valence-corrected chi connectivity index (χ1v) is 6.02. The molecule has 1 aromatic rings. The van der Waals surface area contributed by atoms with Crippen molar-refractivity contribution in [3.63, 3.8) is 0 Å². The number of nitrogens with two attached hydrogens (primary N) is 1. The molecule has 0 aliphatic heterocycles. The van der Waals surface area contributed by atoms with Gasteiger partial charge in [0, 0.05) is 24.8 Å². The summed E-state index contributed by atoms with van der Waals surface area (Å²) in [6, 6.07) is 3.61. The highest BCUT2D eigenvalue weighted by Crippen LogP contribution is 2.12. The van der Waals surface area contributed by atoms with Crippen LogP contribution in [0.4, 0.5) is 5.82 Å². The van der Waals surface area contributed by atoms with Crippen molar-refractivity contribution < 1.29 is 9.53 Å². The minimum Gasteiger partial charge on any atom is -0.383 e. The molecule has 1 heterocycles. The Hall–Kier alpha value is -1.42. The fourth-order valence-electron chi connectivity index (χ4n) is 1.70. The lowest BCUT2D eigenvalue weighted by atomic mass is 10.0. The molecular formula is C13H20N2O2. The standard InChI is InChI=1S/C13H20N2O2/c1-3-6-12(17-4-2)11(16)9-10-7-5-8-15-13(10)14/h5,7-8,12H,3-4,6,9H2,1-2H3,(H2,14,15). The molecule has 0 spiro atoms. The molecule has 0 saturated heterocycles. The Bertz CT molecular complexity index is 360. The number of carbonyl (C=O) groups excluding carboxylic acids is 1. The Labute approximate surface area is 102 Å². The molecule has 1 unspecified atom stereocenters. The number of nitrogen functional groups attached to an aromatic ring is 1. The van der Waals surface area contributed by atoms with Gasteiger partial charge in [-0.2, -0.15) is 0 Å². The van der Waals surface area contributed by atoms with Gasteiger partial charge in [-0.15, -0.1) is 0 Å². The minimum atomic E-state index is -0.315. The topological polar surface area (TPSA) is 65.2 Å². The summed E-state index contributed by atoms with van der Waals surface area (Å²) in [6.45, 7) is 4.49. The lowest BCUT2D eigenvalue weighted by Gasteiger charge is -2.15. The number of pyridine rings is 1. The number of carbonyl (C=O) groups is 1. The van der Waals surface area contributed by atoms with Gasteiger partial charge < -0.3 is 10.5 Å². The summed E-state index contributed by atoms with van der Waals surface area (Å²) in [6.07, 6.45) is 3.29. The highest BCUT2D eigenvalue weighted by molar-refractivity contribution is 5.86. The lowest BCUT2D eigenvalue weighted by molar-refractivity contribution is -0.130. The number of Topliss-reactive ketones (excluding diaryl/α,β-unsaturated/α-hetero) is 1. The van der Waals surface area contributed by atoms with Gasteiger partial charge in [0.25, 0.3) is 0 Å². The van der Waals surface area contributed by atoms with Gasteiger partial charge in [0.15, 0.2) is 5.78 Å². The van der Waals surface area contributed by atoms with E-state index in [4.69, 9.17) is 10.5 Å². The predicted octanol–water partition coefficient (Wildman–Crippen LogP) is 1.98. The monoisotopic (exact) mass is 236 g/mol. The van der Waals surface area contributed by atoms with Crippen LogP contribution in [0.1, 0.15) is 32.3 Å². The summed E-state index contributed by atoms with van der Waals surface area (Å²) in [5.41, 5.74) is 6.49. The van der Waals surface area contributed by atoms with Crippen LogP contribution < -0.4 is 5.73 Å². The van der Waals surface area contributed by atoms with E-state index >= 15 is 0 Å². The fraction of sp³-hybridized carbons (Fsp3) is 0.538. The van der Waals surface area contributed by atoms with Crippen LogP contribution in [0, 0.1) is 0 Å². The van der Waals surface area contributed by atoms with E-state index in [9.17, 15) is 4.79 Å². The van der Waals surface area contributed by atoms with E-state index in [0.29, 0.717) is 18.8 Å². The van der Waals surface area contributed by atoms with Gasteiger partial charge in [-0.05, 0) is 19.4 Å². The van der Waals surface area contributed by atoms with Gasteiger partial charge in [0.2, 0.25) is 0 Å². The number of aromatic nitrogens is 1. The van der Waals surface area contributed by atoms with Gasteiger partial charge >= 0.3 is 0 Å². The van der Waals surface area contributed by atoms with Gasteiger partial charge in [0.1, 0.15) is 11.9 Å². The number of hydrogen-bond acceptors (Lipinski definition) is 4. The molecule has 0 fully saturated rings. The Kier molecular flexibility index (Phi) is 5.63. The molecule has 0 amide bonds. The van der Waals surface area contributed by atoms with E-state index in [1.54, 1.807) is 12.3 Å². The maximum Gasteiger partial charge on any atom is 0.166 e. The molecule has 4 nitrogen and oxygen atoms in total. The number of hydrogen-bond donors (Lipinski definition) is 1. The van der Waals surface area contributed by atoms with E-state index in [1.807, 2.05) is 19.9 Å². The van der Waals surface area contributed by atoms with Crippen molar-refractivity contribution in [1.82, 2.24) is 4.98 Å². The zero-order valence-electron chi connectivity index (χ0n) is 10.5. The maximum absolute atomic E-state index is 12.0. The Balaban J connectivity index is 2.66. The first kappa shape index (κ1) is 13.6. The second-order valence-electron chi connectivity index (χ2n) is 3.92. The zero-order valence-corrected chi connectivity index (χ0v) is 10.5. The van der Waals surface area contributed by atoms with Crippen LogP contribution in [0.15, 0.2) is 18.3 Å². The highest BCUT2D eigenvalue weighted by atomic mass is 16.5. The number of nitrogens with zero attached hydrogens (tertiary/aromatic N) is 1. The second-order valence-corrected chi connectivity index (χ2v) is 3.92. The fourth-order valence-corrected chi connectivity index (χ4v) is 1.70. The van der Waals surface area contributed by atoms with Crippen molar-refractivity contribution in [1.29, 1.82) is 0 Å². The van der Waals surface area contributed by atoms with E-state index in [1.165, 1.54) is 0 Å². The summed E-state index contributed by atoms with van der Waals surface area (Å²) in [5.74, 6) is 0.501. The van der Waals surface area contributed by atoms with Crippen molar-refractivity contribution >= 4 is 11.6 Å². The molecule has 0 saturated carbocycles. The van der Waals surface area contributed by atoms with Crippen molar-refractivity contribution in [2.75, 3.05) is 12.3 Å². The molecule has 0 radical (unpaired) electrons. The molecule has 0 aromatic carbocycles. The van der Waals surface area contributed by atoms with Crippen LogP contribution in [-0.2, 0) is 16.0 Å². The smallest absolute Gasteiger partial charge is 0.166 e. The van der Waals surface area contributed by atoms with Crippen LogP contribution in [0.5, 0.6) is 0 Å². The molecule has 94 valence electrons. The van der Waals surface area contributed by atoms with E-state index < -0.39 is 0 Å². The first-order valence-electron chi connectivity index (χ1n) is 6.02. The molecule has 1 aromatic heterocycles. The molecule has 1 rings (SSSR count). The van der Waals surface area contributed by atoms with Gasteiger partial charge in [-0.1, -0.05) is 19.4 Å². The molecular weight excluding hydrogens is 216 g/mol. The third kappa shape index (κ3) is 4.15. The minimum absolute atomic E-state index is 0.0772. The van der Waals surface area contributed by atoms with Gasteiger partial charge in [-0.25, -0.2) is 4.98 Å². The van der Waals surface area contributed by atoms with Crippen molar-refractivity contribution in [3.8, 4) is 0 Å². The predicted molar refractivity (Wildman–Crippen MR) is 67.7 cm³/mol. The molecule has 17 heavy (non-hydrogen) atoms. The normalized spacial score (nSPS) is 12.4. The summed E-state index contributed by atoms with van der Waals surface area (Å²) in [4.78, 5) is 16.0. The van der Waals surface area contributed by atoms with E-state index in [2.05, 4.69) is 4.98 Å². The summed E-state index contributed by atoms with van der Waals surface area (Å²) < 4.78 is 5.45. The molecule has 1 atom stereocenters. The van der Waals surface area contributed by atoms with Crippen LogP contribution in [-0.4, -0.2) is 23.5 Å². The Morgan fingerprint density at radius 1 is 1.53 bits per heavy atom. The number of anilines is 1. The summed E-state index contributed by atoms with van der Waals surface area (Å²) >= 11 is 0. The summed E-state index contributed by atoms with van der Waals surface area (Å²) in [5, 5.41) is 0. The largest absolute Gasteiger partial charge is 0.383 e. The molecule has 0 aliphatic carbocycles. The van der Waals surface area contributed by atoms with E-state index in [0.717, 1.165) is 18.4 Å². The quantitative estimate of drug-likeness (QED) is 0.786. The van der Waals surface area contributed by atoms with Crippen molar-refractivity contribution in [2.45, 2.75) is 39.2 Å². The van der Waals surface area contributed by atoms with Crippen molar-refractivity contribution in [2.24, 2.45) is 0 Å². The molecule has 2 N–H and O–H groups in total. The molecule has 0 bridgehead atoms. The van der Waals surface area contributed by atoms with Crippen LogP contribution >= 0.6 is 0 Å². The molecule has 0 aliphatic rings. The lowest BCUT2D eigenvalue weighted by Crippen LogP contribution is -2.26. The van der Waals surface area contributed by atoms with E-state index in [-0.39, 0.29) is 11.9 Å². The first-order chi connectivity index (χ1) is 8.19.